The fraction of sp³-hybridized carbons (Fsp3) is 0.114. The lowest BCUT2D eigenvalue weighted by atomic mass is 9.69. The summed E-state index contributed by atoms with van der Waals surface area (Å²) < 4.78 is 6.35. The van der Waals surface area contributed by atoms with E-state index in [9.17, 15) is 0 Å². The van der Waals surface area contributed by atoms with Crippen LogP contribution in [0.15, 0.2) is 144 Å². The van der Waals surface area contributed by atoms with Crippen molar-refractivity contribution >= 4 is 21.9 Å². The molecule has 1 unspecified atom stereocenters. The number of para-hydroxylation sites is 1. The fourth-order valence-corrected chi connectivity index (χ4v) is 7.56. The van der Waals surface area contributed by atoms with Gasteiger partial charge in [0.05, 0.1) is 0 Å². The van der Waals surface area contributed by atoms with Gasteiger partial charge in [0.1, 0.15) is 11.2 Å². The Kier molecular flexibility index (Phi) is 6.41. The Bertz CT molecular complexity index is 2420. The van der Waals surface area contributed by atoms with Crippen molar-refractivity contribution in [3.63, 3.8) is 0 Å². The Labute approximate surface area is 279 Å². The Balaban J connectivity index is 1.19. The molecule has 0 radical (unpaired) electrons. The summed E-state index contributed by atoms with van der Waals surface area (Å²) in [6.45, 7) is 7.09. The molecule has 0 saturated heterocycles. The van der Waals surface area contributed by atoms with Crippen LogP contribution >= 0.6 is 0 Å². The van der Waals surface area contributed by atoms with E-state index in [1.807, 2.05) is 66.7 Å². The van der Waals surface area contributed by atoms with Gasteiger partial charge in [0.2, 0.25) is 0 Å². The van der Waals surface area contributed by atoms with Crippen LogP contribution in [0.25, 0.3) is 78.4 Å². The first kappa shape index (κ1) is 28.4. The van der Waals surface area contributed by atoms with E-state index in [1.54, 1.807) is 0 Å². The van der Waals surface area contributed by atoms with Crippen molar-refractivity contribution in [1.29, 1.82) is 0 Å². The van der Waals surface area contributed by atoms with Gasteiger partial charge in [0, 0.05) is 32.9 Å². The van der Waals surface area contributed by atoms with Crippen LogP contribution in [0.5, 0.6) is 0 Å². The van der Waals surface area contributed by atoms with Crippen LogP contribution in [0.2, 0.25) is 0 Å². The Morgan fingerprint density at radius 3 is 1.67 bits per heavy atom. The molecule has 1 aliphatic rings. The number of fused-ring (bicyclic) bond motifs is 7. The van der Waals surface area contributed by atoms with Gasteiger partial charge in [-0.2, -0.15) is 0 Å². The van der Waals surface area contributed by atoms with E-state index in [0.717, 1.165) is 27.9 Å². The first-order chi connectivity index (χ1) is 23.5. The summed E-state index contributed by atoms with van der Waals surface area (Å²) in [7, 11) is 0. The van der Waals surface area contributed by atoms with Crippen LogP contribution in [0.1, 0.15) is 31.9 Å². The predicted octanol–water partition coefficient (Wildman–Crippen LogP) is 11.4. The summed E-state index contributed by atoms with van der Waals surface area (Å²) in [4.78, 5) is 14.8. The van der Waals surface area contributed by atoms with E-state index in [2.05, 4.69) is 93.6 Å². The smallest absolute Gasteiger partial charge is 0.164 e. The van der Waals surface area contributed by atoms with E-state index >= 15 is 0 Å². The number of hydrogen-bond donors (Lipinski definition) is 0. The molecule has 9 rings (SSSR count). The van der Waals surface area contributed by atoms with E-state index in [-0.39, 0.29) is 5.41 Å². The third-order valence-corrected chi connectivity index (χ3v) is 10.3. The van der Waals surface area contributed by atoms with Gasteiger partial charge in [0.25, 0.3) is 0 Å². The van der Waals surface area contributed by atoms with Crippen LogP contribution in [0.3, 0.4) is 0 Å². The van der Waals surface area contributed by atoms with Crippen molar-refractivity contribution in [1.82, 2.24) is 15.0 Å². The number of nitrogens with zero attached hydrogens (tertiary/aromatic N) is 3. The van der Waals surface area contributed by atoms with E-state index in [1.165, 1.54) is 44.2 Å². The maximum Gasteiger partial charge on any atom is 0.164 e. The number of hydrogen-bond acceptors (Lipinski definition) is 4. The molecule has 4 heteroatoms. The van der Waals surface area contributed by atoms with Crippen LogP contribution in [0.4, 0.5) is 0 Å². The molecule has 1 atom stereocenters. The molecule has 0 aliphatic heterocycles. The van der Waals surface area contributed by atoms with Gasteiger partial charge in [-0.1, -0.05) is 148 Å². The maximum absolute atomic E-state index is 6.35. The molecule has 2 heterocycles. The molecular weight excluding hydrogens is 587 g/mol. The van der Waals surface area contributed by atoms with Crippen LogP contribution in [0, 0.1) is 5.92 Å². The molecule has 0 N–H and O–H groups in total. The summed E-state index contributed by atoms with van der Waals surface area (Å²) in [6, 6.07) is 48.5. The quantitative estimate of drug-likeness (QED) is 0.192. The number of benzene rings is 6. The third-order valence-electron chi connectivity index (χ3n) is 10.3. The molecule has 0 bridgehead atoms. The average molecular weight is 620 g/mol. The Morgan fingerprint density at radius 2 is 1.04 bits per heavy atom. The Hall–Kier alpha value is -5.87. The van der Waals surface area contributed by atoms with Gasteiger partial charge in [-0.25, -0.2) is 15.0 Å². The molecule has 8 aromatic rings. The van der Waals surface area contributed by atoms with Crippen molar-refractivity contribution in [3.05, 3.63) is 151 Å². The summed E-state index contributed by atoms with van der Waals surface area (Å²) in [5, 5.41) is 2.37. The summed E-state index contributed by atoms with van der Waals surface area (Å²) in [5.41, 5.74) is 12.3. The number of aromatic nitrogens is 3. The largest absolute Gasteiger partial charge is 0.456 e. The molecule has 0 spiro atoms. The van der Waals surface area contributed by atoms with Crippen LogP contribution in [-0.4, -0.2) is 15.0 Å². The van der Waals surface area contributed by atoms with E-state index < -0.39 is 0 Å². The zero-order chi connectivity index (χ0) is 32.4. The zero-order valence-corrected chi connectivity index (χ0v) is 27.1. The molecule has 0 amide bonds. The van der Waals surface area contributed by atoms with Gasteiger partial charge < -0.3 is 4.42 Å². The van der Waals surface area contributed by atoms with Gasteiger partial charge in [-0.15, -0.1) is 0 Å². The minimum atomic E-state index is -0.185. The van der Waals surface area contributed by atoms with Gasteiger partial charge in [-0.05, 0) is 51.4 Å². The lowest BCUT2D eigenvalue weighted by molar-refractivity contribution is 0.415. The van der Waals surface area contributed by atoms with Crippen molar-refractivity contribution in [2.75, 3.05) is 0 Å². The number of rotatable bonds is 5. The highest BCUT2D eigenvalue weighted by atomic mass is 16.3. The van der Waals surface area contributed by atoms with Crippen molar-refractivity contribution < 1.29 is 4.42 Å². The highest BCUT2D eigenvalue weighted by Crippen LogP contribution is 2.58. The number of furan rings is 1. The average Bonchev–Trinajstić information content (AvgIpc) is 3.66. The summed E-state index contributed by atoms with van der Waals surface area (Å²) >= 11 is 0. The highest BCUT2D eigenvalue weighted by molar-refractivity contribution is 6.15. The second kappa shape index (κ2) is 10.9. The van der Waals surface area contributed by atoms with Crippen molar-refractivity contribution in [2.45, 2.75) is 26.2 Å². The van der Waals surface area contributed by atoms with Gasteiger partial charge in [0.15, 0.2) is 17.5 Å². The van der Waals surface area contributed by atoms with Crippen LogP contribution < -0.4 is 0 Å². The van der Waals surface area contributed by atoms with E-state index in [0.29, 0.717) is 23.4 Å². The van der Waals surface area contributed by atoms with Gasteiger partial charge in [-0.3, -0.25) is 0 Å². The lowest BCUT2D eigenvalue weighted by Gasteiger charge is -2.33. The summed E-state index contributed by atoms with van der Waals surface area (Å²) in [5.74, 6) is 2.34. The Morgan fingerprint density at radius 1 is 0.500 bits per heavy atom. The maximum atomic E-state index is 6.35. The molecule has 2 aromatic heterocycles. The molecule has 230 valence electrons. The minimum Gasteiger partial charge on any atom is -0.456 e. The topological polar surface area (TPSA) is 51.8 Å². The van der Waals surface area contributed by atoms with Crippen molar-refractivity contribution in [2.24, 2.45) is 5.92 Å². The third kappa shape index (κ3) is 4.26. The fourth-order valence-electron chi connectivity index (χ4n) is 7.56. The normalized spacial score (nSPS) is 15.2. The molecule has 1 aliphatic carbocycles. The molecule has 4 nitrogen and oxygen atoms in total. The molecule has 0 fully saturated rings. The SMILES string of the molecule is CC(C)C1(C)c2ccc3oc4ccccc4c3c2-c2cccc(-c3ccc(-c4nc(-c5ccccc5)nc(-c5ccccc5)n4)cc3)c21. The first-order valence-electron chi connectivity index (χ1n) is 16.6. The second-order valence-electron chi connectivity index (χ2n) is 13.2. The lowest BCUT2D eigenvalue weighted by Crippen LogP contribution is -2.28. The molecule has 6 aromatic carbocycles. The van der Waals surface area contributed by atoms with Crippen molar-refractivity contribution in [3.8, 4) is 56.4 Å². The van der Waals surface area contributed by atoms with E-state index in [4.69, 9.17) is 19.4 Å². The summed E-state index contributed by atoms with van der Waals surface area (Å²) in [6.07, 6.45) is 0. The zero-order valence-electron chi connectivity index (χ0n) is 27.1. The second-order valence-corrected chi connectivity index (χ2v) is 13.2. The molecule has 48 heavy (non-hydrogen) atoms. The monoisotopic (exact) mass is 619 g/mol. The van der Waals surface area contributed by atoms with Gasteiger partial charge >= 0.3 is 0 Å². The molecule has 0 saturated carbocycles. The standard InChI is InChI=1S/C44H33N3O/c1-27(2)44(3)35-25-26-37-39(33-17-10-11-20-36(33)48-37)38(35)34-19-12-18-32(40(34)44)28-21-23-31(24-22-28)43-46-41(29-13-6-4-7-14-29)45-42(47-43)30-15-8-5-9-16-30/h4-27H,1-3H3. The first-order valence-corrected chi connectivity index (χ1v) is 16.6. The molecular formula is C44H33N3O. The predicted molar refractivity (Wildman–Crippen MR) is 196 cm³/mol. The van der Waals surface area contributed by atoms with Crippen LogP contribution in [-0.2, 0) is 5.41 Å². The minimum absolute atomic E-state index is 0.185. The highest BCUT2D eigenvalue weighted by Gasteiger charge is 2.44.